The van der Waals surface area contributed by atoms with Gasteiger partial charge in [0.25, 0.3) is 0 Å². The Labute approximate surface area is 87.0 Å². The van der Waals surface area contributed by atoms with Crippen LogP contribution in [0.2, 0.25) is 5.02 Å². The zero-order valence-electron chi connectivity index (χ0n) is 7.48. The normalized spacial score (nSPS) is 9.36. The minimum absolute atomic E-state index is 0.0268. The van der Waals surface area contributed by atoms with Crippen LogP contribution in [0, 0.1) is 17.7 Å². The van der Waals surface area contributed by atoms with E-state index in [1.807, 2.05) is 0 Å². The van der Waals surface area contributed by atoms with Crippen molar-refractivity contribution in [2.24, 2.45) is 5.73 Å². The first-order valence-corrected chi connectivity index (χ1v) is 4.46. The van der Waals surface area contributed by atoms with E-state index in [1.54, 1.807) is 0 Å². The molecule has 0 radical (unpaired) electrons. The fourth-order valence-electron chi connectivity index (χ4n) is 0.918. The molecule has 0 aliphatic rings. The van der Waals surface area contributed by atoms with E-state index in [4.69, 9.17) is 23.1 Å². The van der Waals surface area contributed by atoms with E-state index < -0.39 is 5.82 Å². The van der Waals surface area contributed by atoms with Gasteiger partial charge in [0, 0.05) is 18.0 Å². The van der Waals surface area contributed by atoms with Crippen molar-refractivity contribution in [3.05, 3.63) is 28.5 Å². The summed E-state index contributed by atoms with van der Waals surface area (Å²) in [7, 11) is 0. The van der Waals surface area contributed by atoms with E-state index in [9.17, 15) is 4.39 Å². The van der Waals surface area contributed by atoms with Crippen molar-refractivity contribution in [3.8, 4) is 11.8 Å². The molecule has 0 unspecified atom stereocenters. The maximum Gasteiger partial charge on any atom is 0.148 e. The first-order chi connectivity index (χ1) is 6.65. The van der Waals surface area contributed by atoms with Crippen molar-refractivity contribution in [2.45, 2.75) is 6.42 Å². The quantitative estimate of drug-likeness (QED) is 0.551. The summed E-state index contributed by atoms with van der Waals surface area (Å²) < 4.78 is 13.0. The van der Waals surface area contributed by atoms with E-state index in [2.05, 4.69) is 11.8 Å². The highest BCUT2D eigenvalue weighted by Crippen LogP contribution is 2.21. The van der Waals surface area contributed by atoms with E-state index in [0.717, 1.165) is 6.07 Å². The van der Waals surface area contributed by atoms with Crippen molar-refractivity contribution in [1.82, 2.24) is 0 Å². The van der Waals surface area contributed by atoms with Gasteiger partial charge in [0.15, 0.2) is 0 Å². The van der Waals surface area contributed by atoms with Gasteiger partial charge >= 0.3 is 0 Å². The molecule has 0 saturated heterocycles. The van der Waals surface area contributed by atoms with E-state index in [-0.39, 0.29) is 10.7 Å². The Morgan fingerprint density at radius 2 is 2.14 bits per heavy atom. The Kier molecular flexibility index (Phi) is 3.75. The third-order valence-electron chi connectivity index (χ3n) is 1.59. The number of nitrogens with two attached hydrogens (primary N) is 2. The fraction of sp³-hybridized carbons (Fsp3) is 0.200. The Morgan fingerprint density at radius 1 is 1.43 bits per heavy atom. The number of nitrogen functional groups attached to an aromatic ring is 1. The van der Waals surface area contributed by atoms with Crippen molar-refractivity contribution in [3.63, 3.8) is 0 Å². The third kappa shape index (κ3) is 2.63. The van der Waals surface area contributed by atoms with Gasteiger partial charge in [0.2, 0.25) is 0 Å². The lowest BCUT2D eigenvalue weighted by molar-refractivity contribution is 0.632. The van der Waals surface area contributed by atoms with Crippen LogP contribution < -0.4 is 11.5 Å². The number of rotatable bonds is 1. The molecule has 0 fully saturated rings. The smallest absolute Gasteiger partial charge is 0.148 e. The lowest BCUT2D eigenvalue weighted by Crippen LogP contribution is -1.97. The highest BCUT2D eigenvalue weighted by molar-refractivity contribution is 6.30. The van der Waals surface area contributed by atoms with Crippen LogP contribution in [0.4, 0.5) is 10.1 Å². The highest BCUT2D eigenvalue weighted by atomic mass is 35.5. The molecule has 74 valence electrons. The van der Waals surface area contributed by atoms with Crippen LogP contribution >= 0.6 is 11.6 Å². The Morgan fingerprint density at radius 3 is 2.79 bits per heavy atom. The van der Waals surface area contributed by atoms with Gasteiger partial charge in [0.1, 0.15) is 5.82 Å². The van der Waals surface area contributed by atoms with Crippen LogP contribution in [-0.4, -0.2) is 6.54 Å². The molecule has 0 saturated carbocycles. The van der Waals surface area contributed by atoms with Crippen molar-refractivity contribution in [1.29, 1.82) is 0 Å². The molecule has 0 amide bonds. The second-order valence-electron chi connectivity index (χ2n) is 2.69. The van der Waals surface area contributed by atoms with Gasteiger partial charge in [-0.3, -0.25) is 0 Å². The zero-order chi connectivity index (χ0) is 10.6. The van der Waals surface area contributed by atoms with Crippen LogP contribution in [0.25, 0.3) is 0 Å². The van der Waals surface area contributed by atoms with Crippen LogP contribution in [-0.2, 0) is 0 Å². The monoisotopic (exact) mass is 212 g/mol. The standard InChI is InChI=1S/C10H10ClFN2/c11-8-5-7(3-1-2-4-13)10(14)9(12)6-8/h5-6H,2,4,13-14H2. The van der Waals surface area contributed by atoms with Gasteiger partial charge in [0.05, 0.1) is 11.3 Å². The largest absolute Gasteiger partial charge is 0.395 e. The van der Waals surface area contributed by atoms with Crippen LogP contribution in [0.15, 0.2) is 12.1 Å². The molecule has 0 bridgehead atoms. The predicted molar refractivity (Wildman–Crippen MR) is 56.4 cm³/mol. The summed E-state index contributed by atoms with van der Waals surface area (Å²) in [6, 6.07) is 2.69. The molecule has 1 aromatic rings. The van der Waals surface area contributed by atoms with E-state index >= 15 is 0 Å². The Hall–Kier alpha value is -1.24. The molecule has 0 atom stereocenters. The average Bonchev–Trinajstić information content (AvgIpc) is 2.13. The number of hydrogen-bond donors (Lipinski definition) is 2. The number of anilines is 1. The first-order valence-electron chi connectivity index (χ1n) is 4.08. The molecule has 1 aromatic carbocycles. The van der Waals surface area contributed by atoms with Crippen LogP contribution in [0.5, 0.6) is 0 Å². The summed E-state index contributed by atoms with van der Waals surface area (Å²) in [6.07, 6.45) is 0.549. The number of benzene rings is 1. The van der Waals surface area contributed by atoms with Gasteiger partial charge < -0.3 is 11.5 Å². The molecule has 4 N–H and O–H groups in total. The van der Waals surface area contributed by atoms with Crippen molar-refractivity contribution in [2.75, 3.05) is 12.3 Å². The van der Waals surface area contributed by atoms with E-state index in [1.165, 1.54) is 6.07 Å². The molecule has 4 heteroatoms. The summed E-state index contributed by atoms with van der Waals surface area (Å²) in [4.78, 5) is 0. The average molecular weight is 213 g/mol. The zero-order valence-corrected chi connectivity index (χ0v) is 8.24. The van der Waals surface area contributed by atoms with Gasteiger partial charge in [-0.1, -0.05) is 23.4 Å². The molecular weight excluding hydrogens is 203 g/mol. The van der Waals surface area contributed by atoms with Crippen LogP contribution in [0.1, 0.15) is 12.0 Å². The van der Waals surface area contributed by atoms with Gasteiger partial charge in [-0.2, -0.15) is 0 Å². The molecule has 0 spiro atoms. The van der Waals surface area contributed by atoms with Crippen molar-refractivity contribution >= 4 is 17.3 Å². The highest BCUT2D eigenvalue weighted by Gasteiger charge is 2.04. The van der Waals surface area contributed by atoms with E-state index in [0.29, 0.717) is 18.5 Å². The minimum atomic E-state index is -0.547. The summed E-state index contributed by atoms with van der Waals surface area (Å²) in [5, 5.41) is 0.286. The van der Waals surface area contributed by atoms with Crippen LogP contribution in [0.3, 0.4) is 0 Å². The summed E-state index contributed by atoms with van der Waals surface area (Å²) in [6.45, 7) is 0.468. The Balaban J connectivity index is 3.04. The van der Waals surface area contributed by atoms with Gasteiger partial charge in [-0.25, -0.2) is 4.39 Å². The van der Waals surface area contributed by atoms with Crippen molar-refractivity contribution < 1.29 is 4.39 Å². The maximum atomic E-state index is 13.0. The fourth-order valence-corrected chi connectivity index (χ4v) is 1.12. The number of hydrogen-bond acceptors (Lipinski definition) is 2. The van der Waals surface area contributed by atoms with Gasteiger partial charge in [-0.15, -0.1) is 0 Å². The SMILES string of the molecule is NCCC#Cc1cc(Cl)cc(F)c1N. The summed E-state index contributed by atoms with van der Waals surface area (Å²) >= 11 is 5.65. The molecule has 0 heterocycles. The summed E-state index contributed by atoms with van der Waals surface area (Å²) in [5.41, 5.74) is 11.2. The second kappa shape index (κ2) is 4.85. The molecular formula is C10H10ClFN2. The lowest BCUT2D eigenvalue weighted by Gasteiger charge is -2.00. The molecule has 1 rings (SSSR count). The topological polar surface area (TPSA) is 52.0 Å². The molecule has 2 nitrogen and oxygen atoms in total. The third-order valence-corrected chi connectivity index (χ3v) is 1.80. The lowest BCUT2D eigenvalue weighted by atomic mass is 10.1. The minimum Gasteiger partial charge on any atom is -0.395 e. The molecule has 0 aliphatic carbocycles. The summed E-state index contributed by atoms with van der Waals surface area (Å²) in [5.74, 6) is 4.94. The molecule has 0 aromatic heterocycles. The maximum absolute atomic E-state index is 13.0. The molecule has 0 aliphatic heterocycles. The Bertz CT molecular complexity index is 393. The second-order valence-corrected chi connectivity index (χ2v) is 3.13. The first kappa shape index (κ1) is 10.8. The predicted octanol–water partition coefficient (Wildman–Crippen LogP) is 1.76. The molecule has 14 heavy (non-hydrogen) atoms. The van der Waals surface area contributed by atoms with Gasteiger partial charge in [-0.05, 0) is 12.1 Å². The number of halogens is 2.